The van der Waals surface area contributed by atoms with Gasteiger partial charge in [-0.25, -0.2) is 0 Å². The molecule has 0 radical (unpaired) electrons. The highest BCUT2D eigenvalue weighted by Gasteiger charge is 2.39. The van der Waals surface area contributed by atoms with Gasteiger partial charge in [0, 0.05) is 29.7 Å². The summed E-state index contributed by atoms with van der Waals surface area (Å²) in [7, 11) is 4.69. The summed E-state index contributed by atoms with van der Waals surface area (Å²) in [4.78, 5) is 17.3. The van der Waals surface area contributed by atoms with Gasteiger partial charge in [0.05, 0.1) is 50.5 Å². The third-order valence-corrected chi connectivity index (χ3v) is 7.68. The lowest BCUT2D eigenvalue weighted by atomic mass is 9.85. The number of anilines is 1. The Hall–Kier alpha value is -3.31. The molecule has 0 saturated carbocycles. The van der Waals surface area contributed by atoms with E-state index in [4.69, 9.17) is 14.2 Å². The lowest BCUT2D eigenvalue weighted by molar-refractivity contribution is -0.129. The van der Waals surface area contributed by atoms with Crippen molar-refractivity contribution >= 4 is 23.4 Å². The van der Waals surface area contributed by atoms with Crippen LogP contribution in [0.2, 0.25) is 0 Å². The van der Waals surface area contributed by atoms with E-state index < -0.39 is 5.92 Å². The van der Waals surface area contributed by atoms with E-state index in [1.165, 1.54) is 30.2 Å². The van der Waals surface area contributed by atoms with Gasteiger partial charge in [0.15, 0.2) is 11.5 Å². The molecular formula is C27H31N3O4S. The number of ether oxygens (including phenoxy) is 3. The zero-order valence-electron chi connectivity index (χ0n) is 20.7. The third kappa shape index (κ3) is 4.92. The van der Waals surface area contributed by atoms with Crippen LogP contribution in [0.15, 0.2) is 47.0 Å². The van der Waals surface area contributed by atoms with Crippen molar-refractivity contribution in [1.29, 1.82) is 5.26 Å². The number of rotatable bonds is 8. The summed E-state index contributed by atoms with van der Waals surface area (Å²) in [6.07, 6.45) is 3.62. The molecule has 0 aromatic heterocycles. The summed E-state index contributed by atoms with van der Waals surface area (Å²) in [5.41, 5.74) is 3.72. The van der Waals surface area contributed by atoms with Crippen LogP contribution in [-0.4, -0.2) is 44.7 Å². The van der Waals surface area contributed by atoms with Gasteiger partial charge in [0.1, 0.15) is 5.75 Å². The SMILES string of the molecule is CCCCc1ccc(N2CSC3=C(C#N)[C@@H](c4cc(OC)c(OC)cc4OC)CC(=O)N3C2)cc1. The largest absolute Gasteiger partial charge is 0.496 e. The molecule has 4 rings (SSSR count). The average Bonchev–Trinajstić information content (AvgIpc) is 2.91. The van der Waals surface area contributed by atoms with Gasteiger partial charge < -0.3 is 19.1 Å². The molecule has 2 aliphatic rings. The molecule has 1 atom stereocenters. The zero-order chi connectivity index (χ0) is 24.9. The van der Waals surface area contributed by atoms with Gasteiger partial charge in [-0.2, -0.15) is 5.26 Å². The first kappa shape index (κ1) is 24.8. The Balaban J connectivity index is 1.63. The number of carbonyl (C=O) groups is 1. The van der Waals surface area contributed by atoms with Crippen molar-refractivity contribution in [3.8, 4) is 23.3 Å². The first-order chi connectivity index (χ1) is 17.0. The predicted octanol–water partition coefficient (Wildman–Crippen LogP) is 5.27. The summed E-state index contributed by atoms with van der Waals surface area (Å²) < 4.78 is 16.5. The van der Waals surface area contributed by atoms with Crippen LogP contribution in [0.3, 0.4) is 0 Å². The molecule has 0 unspecified atom stereocenters. The van der Waals surface area contributed by atoms with Gasteiger partial charge in [0.25, 0.3) is 0 Å². The van der Waals surface area contributed by atoms with Crippen LogP contribution >= 0.6 is 11.8 Å². The lowest BCUT2D eigenvalue weighted by Crippen LogP contribution is -2.47. The first-order valence-electron chi connectivity index (χ1n) is 11.8. The number of carbonyl (C=O) groups excluding carboxylic acids is 1. The second-order valence-electron chi connectivity index (χ2n) is 8.58. The smallest absolute Gasteiger partial charge is 0.229 e. The molecule has 2 aliphatic heterocycles. The maximum absolute atomic E-state index is 13.3. The molecule has 0 N–H and O–H groups in total. The van der Waals surface area contributed by atoms with Crippen LogP contribution in [0.5, 0.6) is 17.2 Å². The Morgan fingerprint density at radius 2 is 1.74 bits per heavy atom. The van der Waals surface area contributed by atoms with Crippen LogP contribution < -0.4 is 19.1 Å². The molecule has 1 fully saturated rings. The van der Waals surface area contributed by atoms with E-state index in [0.717, 1.165) is 22.7 Å². The van der Waals surface area contributed by atoms with Crippen LogP contribution in [0.4, 0.5) is 5.69 Å². The Bertz CT molecular complexity index is 1160. The molecule has 8 heteroatoms. The fourth-order valence-corrected chi connectivity index (χ4v) is 5.74. The fraction of sp³-hybridized carbons (Fsp3) is 0.407. The number of fused-ring (bicyclic) bond motifs is 1. The number of nitrogens with zero attached hydrogens (tertiary/aromatic N) is 3. The molecule has 1 saturated heterocycles. The highest BCUT2D eigenvalue weighted by molar-refractivity contribution is 8.03. The van der Waals surface area contributed by atoms with Crippen molar-refractivity contribution in [2.75, 3.05) is 38.8 Å². The molecule has 184 valence electrons. The molecule has 0 bridgehead atoms. The lowest BCUT2D eigenvalue weighted by Gasteiger charge is -2.42. The molecular weight excluding hydrogens is 462 g/mol. The number of benzene rings is 2. The van der Waals surface area contributed by atoms with Crippen LogP contribution in [0, 0.1) is 11.3 Å². The number of unbranched alkanes of at least 4 members (excludes halogenated alkanes) is 1. The molecule has 7 nitrogen and oxygen atoms in total. The van der Waals surface area contributed by atoms with Crippen molar-refractivity contribution in [3.63, 3.8) is 0 Å². The van der Waals surface area contributed by atoms with Gasteiger partial charge in [-0.3, -0.25) is 9.69 Å². The molecule has 35 heavy (non-hydrogen) atoms. The standard InChI is InChI=1S/C27H31N3O4S/c1-5-6-7-18-8-10-19(11-9-18)29-16-30-26(31)13-20(22(15-28)27(30)35-17-29)21-12-24(33-3)25(34-4)14-23(21)32-2/h8-12,14,20H,5-7,13,16-17H2,1-4H3/t20-/m1/s1. The van der Waals surface area contributed by atoms with Gasteiger partial charge in [-0.15, -0.1) is 0 Å². The van der Waals surface area contributed by atoms with Crippen molar-refractivity contribution in [2.24, 2.45) is 0 Å². The number of nitriles is 1. The number of thioether (sulfide) groups is 1. The van der Waals surface area contributed by atoms with E-state index in [9.17, 15) is 10.1 Å². The van der Waals surface area contributed by atoms with Crippen molar-refractivity contribution in [2.45, 2.75) is 38.5 Å². The highest BCUT2D eigenvalue weighted by Crippen LogP contribution is 2.47. The van der Waals surface area contributed by atoms with E-state index in [2.05, 4.69) is 42.2 Å². The number of amides is 1. The summed E-state index contributed by atoms with van der Waals surface area (Å²) in [6.45, 7) is 2.62. The second kappa shape index (κ2) is 11.0. The predicted molar refractivity (Wildman–Crippen MR) is 138 cm³/mol. The fourth-order valence-electron chi connectivity index (χ4n) is 4.57. The van der Waals surface area contributed by atoms with Gasteiger partial charge in [0.2, 0.25) is 5.91 Å². The Kier molecular flexibility index (Phi) is 7.76. The van der Waals surface area contributed by atoms with E-state index in [1.54, 1.807) is 32.3 Å². The van der Waals surface area contributed by atoms with Gasteiger partial charge in [-0.1, -0.05) is 37.2 Å². The number of methoxy groups -OCH3 is 3. The van der Waals surface area contributed by atoms with Gasteiger partial charge >= 0.3 is 0 Å². The molecule has 2 aromatic carbocycles. The number of allylic oxidation sites excluding steroid dienone is 1. The monoisotopic (exact) mass is 493 g/mol. The third-order valence-electron chi connectivity index (χ3n) is 6.53. The Morgan fingerprint density at radius 3 is 2.37 bits per heavy atom. The maximum Gasteiger partial charge on any atom is 0.229 e. The number of hydrogen-bond acceptors (Lipinski definition) is 7. The maximum atomic E-state index is 13.3. The first-order valence-corrected chi connectivity index (χ1v) is 12.7. The van der Waals surface area contributed by atoms with Crippen molar-refractivity contribution in [1.82, 2.24) is 4.90 Å². The van der Waals surface area contributed by atoms with E-state index >= 15 is 0 Å². The van der Waals surface area contributed by atoms with Crippen LogP contribution in [0.25, 0.3) is 0 Å². The average molecular weight is 494 g/mol. The summed E-state index contributed by atoms with van der Waals surface area (Å²) in [6, 6.07) is 14.5. The topological polar surface area (TPSA) is 75.0 Å². The minimum absolute atomic E-state index is 0.0161. The quantitative estimate of drug-likeness (QED) is 0.496. The van der Waals surface area contributed by atoms with Gasteiger partial charge in [-0.05, 0) is 36.6 Å². The minimum atomic E-state index is -0.412. The second-order valence-corrected chi connectivity index (χ2v) is 9.52. The number of hydrogen-bond donors (Lipinski definition) is 0. The van der Waals surface area contributed by atoms with E-state index in [0.29, 0.717) is 35.4 Å². The minimum Gasteiger partial charge on any atom is -0.496 e. The van der Waals surface area contributed by atoms with Crippen molar-refractivity contribution in [3.05, 3.63) is 58.1 Å². The Labute approximate surface area is 211 Å². The van der Waals surface area contributed by atoms with Crippen LogP contribution in [-0.2, 0) is 11.2 Å². The molecule has 0 aliphatic carbocycles. The summed E-state index contributed by atoms with van der Waals surface area (Å²) in [5, 5.41) is 10.9. The summed E-state index contributed by atoms with van der Waals surface area (Å²) in [5.74, 6) is 1.86. The molecule has 1 amide bonds. The highest BCUT2D eigenvalue weighted by atomic mass is 32.2. The van der Waals surface area contributed by atoms with E-state index in [-0.39, 0.29) is 12.3 Å². The summed E-state index contributed by atoms with van der Waals surface area (Å²) >= 11 is 1.53. The van der Waals surface area contributed by atoms with Crippen LogP contribution in [0.1, 0.15) is 43.2 Å². The molecule has 2 heterocycles. The van der Waals surface area contributed by atoms with Crippen molar-refractivity contribution < 1.29 is 19.0 Å². The molecule has 2 aromatic rings. The normalized spacial score (nSPS) is 17.7. The van der Waals surface area contributed by atoms with E-state index in [1.807, 2.05) is 6.07 Å². The Morgan fingerprint density at radius 1 is 1.06 bits per heavy atom. The molecule has 0 spiro atoms. The number of aryl methyl sites for hydroxylation is 1. The zero-order valence-corrected chi connectivity index (χ0v) is 21.5.